The summed E-state index contributed by atoms with van der Waals surface area (Å²) in [6, 6.07) is 7.68. The molecule has 3 heteroatoms. The molecule has 0 unspecified atom stereocenters. The molecule has 0 bridgehead atoms. The Labute approximate surface area is 128 Å². The highest BCUT2D eigenvalue weighted by atomic mass is 15.1. The second kappa shape index (κ2) is 6.61. The van der Waals surface area contributed by atoms with E-state index >= 15 is 0 Å². The Morgan fingerprint density at radius 2 is 1.81 bits per heavy atom. The molecular formula is C18H29N3. The number of fused-ring (bicyclic) bond motifs is 1. The van der Waals surface area contributed by atoms with Gasteiger partial charge in [-0.05, 0) is 37.5 Å². The first-order chi connectivity index (χ1) is 9.90. The smallest absolute Gasteiger partial charge is 0.111 e. The maximum Gasteiger partial charge on any atom is 0.111 e. The van der Waals surface area contributed by atoms with E-state index in [0.29, 0.717) is 18.0 Å². The summed E-state index contributed by atoms with van der Waals surface area (Å²) in [5.41, 5.74) is 3.76. The van der Waals surface area contributed by atoms with Crippen LogP contribution in [0.25, 0.3) is 11.0 Å². The predicted octanol–water partition coefficient (Wildman–Crippen LogP) is 4.28. The largest absolute Gasteiger partial charge is 0.325 e. The molecule has 0 spiro atoms. The summed E-state index contributed by atoms with van der Waals surface area (Å²) in [5.74, 6) is 1.73. The Bertz CT molecular complexity index is 594. The van der Waals surface area contributed by atoms with Crippen molar-refractivity contribution in [1.29, 1.82) is 0 Å². The van der Waals surface area contributed by atoms with Crippen LogP contribution in [-0.2, 0) is 6.42 Å². The van der Waals surface area contributed by atoms with Crippen LogP contribution in [-0.4, -0.2) is 22.1 Å². The van der Waals surface area contributed by atoms with Gasteiger partial charge < -0.3 is 9.88 Å². The first-order valence-electron chi connectivity index (χ1n) is 8.14. The van der Waals surface area contributed by atoms with Gasteiger partial charge in [-0.25, -0.2) is 4.98 Å². The molecule has 1 N–H and O–H groups in total. The average molecular weight is 287 g/mol. The van der Waals surface area contributed by atoms with E-state index in [1.165, 1.54) is 16.9 Å². The maximum atomic E-state index is 4.90. The van der Waals surface area contributed by atoms with E-state index in [1.807, 2.05) is 0 Å². The lowest BCUT2D eigenvalue weighted by Gasteiger charge is -2.14. The normalized spacial score (nSPS) is 12.2. The van der Waals surface area contributed by atoms with Crippen molar-refractivity contribution in [3.05, 3.63) is 29.6 Å². The summed E-state index contributed by atoms with van der Waals surface area (Å²) in [6.07, 6.45) is 0.974. The van der Waals surface area contributed by atoms with Gasteiger partial charge in [0, 0.05) is 25.0 Å². The molecule has 1 heterocycles. The predicted molar refractivity (Wildman–Crippen MR) is 91.0 cm³/mol. The van der Waals surface area contributed by atoms with E-state index in [-0.39, 0.29) is 0 Å². The molecule has 0 fully saturated rings. The molecule has 0 atom stereocenters. The van der Waals surface area contributed by atoms with Crippen LogP contribution >= 0.6 is 0 Å². The van der Waals surface area contributed by atoms with Crippen LogP contribution in [0.3, 0.4) is 0 Å². The van der Waals surface area contributed by atoms with Gasteiger partial charge in [0.15, 0.2) is 0 Å². The number of hydrogen-bond donors (Lipinski definition) is 1. The van der Waals surface area contributed by atoms with E-state index in [0.717, 1.165) is 18.5 Å². The Kier molecular flexibility index (Phi) is 5.04. The molecule has 2 rings (SSSR count). The zero-order chi connectivity index (χ0) is 15.6. The van der Waals surface area contributed by atoms with E-state index in [1.54, 1.807) is 0 Å². The van der Waals surface area contributed by atoms with Crippen LogP contribution in [0, 0.1) is 0 Å². The molecule has 21 heavy (non-hydrogen) atoms. The third-order valence-electron chi connectivity index (χ3n) is 3.87. The highest BCUT2D eigenvalue weighted by Gasteiger charge is 2.14. The summed E-state index contributed by atoms with van der Waals surface area (Å²) in [5, 5.41) is 3.48. The van der Waals surface area contributed by atoms with Crippen molar-refractivity contribution in [2.45, 2.75) is 66.0 Å². The lowest BCUT2D eigenvalue weighted by molar-refractivity contribution is 0.546. The molecule has 0 radical (unpaired) electrons. The maximum absolute atomic E-state index is 4.90. The zero-order valence-corrected chi connectivity index (χ0v) is 14.3. The molecule has 0 saturated heterocycles. The first-order valence-corrected chi connectivity index (χ1v) is 8.14. The average Bonchev–Trinajstić information content (AvgIpc) is 2.75. The summed E-state index contributed by atoms with van der Waals surface area (Å²) >= 11 is 0. The monoisotopic (exact) mass is 287 g/mol. The topological polar surface area (TPSA) is 29.9 Å². The van der Waals surface area contributed by atoms with E-state index in [2.05, 4.69) is 69.6 Å². The van der Waals surface area contributed by atoms with Crippen molar-refractivity contribution in [3.63, 3.8) is 0 Å². The van der Waals surface area contributed by atoms with Crippen LogP contribution in [0.5, 0.6) is 0 Å². The Morgan fingerprint density at radius 3 is 2.38 bits per heavy atom. The van der Waals surface area contributed by atoms with Gasteiger partial charge in [0.1, 0.15) is 5.82 Å². The van der Waals surface area contributed by atoms with Crippen molar-refractivity contribution in [2.24, 2.45) is 0 Å². The lowest BCUT2D eigenvalue weighted by Crippen LogP contribution is -2.26. The highest BCUT2D eigenvalue weighted by molar-refractivity contribution is 5.77. The van der Waals surface area contributed by atoms with E-state index in [4.69, 9.17) is 4.98 Å². The molecule has 0 aliphatic rings. The standard InChI is InChI=1S/C18H29N3/c1-12(2)15-7-8-17-16(11-15)20-18(21(17)14(5)6)9-10-19-13(3)4/h7-8,11-14,19H,9-10H2,1-6H3. The second-order valence-electron chi connectivity index (χ2n) is 6.75. The Morgan fingerprint density at radius 1 is 1.10 bits per heavy atom. The number of imidazole rings is 1. The number of hydrogen-bond acceptors (Lipinski definition) is 2. The van der Waals surface area contributed by atoms with Crippen LogP contribution in [0.2, 0.25) is 0 Å². The van der Waals surface area contributed by atoms with E-state index < -0.39 is 0 Å². The van der Waals surface area contributed by atoms with Gasteiger partial charge >= 0.3 is 0 Å². The molecule has 0 saturated carbocycles. The third-order valence-corrected chi connectivity index (χ3v) is 3.87. The summed E-state index contributed by atoms with van der Waals surface area (Å²) in [7, 11) is 0. The molecule has 0 aliphatic carbocycles. The summed E-state index contributed by atoms with van der Waals surface area (Å²) in [4.78, 5) is 4.90. The summed E-state index contributed by atoms with van der Waals surface area (Å²) in [6.45, 7) is 14.3. The van der Waals surface area contributed by atoms with Crippen LogP contribution in [0.1, 0.15) is 64.9 Å². The van der Waals surface area contributed by atoms with Crippen LogP contribution < -0.4 is 5.32 Å². The fourth-order valence-electron chi connectivity index (χ4n) is 2.75. The minimum Gasteiger partial charge on any atom is -0.325 e. The van der Waals surface area contributed by atoms with Gasteiger partial charge in [-0.3, -0.25) is 0 Å². The van der Waals surface area contributed by atoms with Gasteiger partial charge in [-0.15, -0.1) is 0 Å². The lowest BCUT2D eigenvalue weighted by atomic mass is 10.0. The molecule has 0 amide bonds. The van der Waals surface area contributed by atoms with Crippen molar-refractivity contribution in [2.75, 3.05) is 6.54 Å². The SMILES string of the molecule is CC(C)NCCc1nc2cc(C(C)C)ccc2n1C(C)C. The van der Waals surface area contributed by atoms with Crippen LogP contribution in [0.4, 0.5) is 0 Å². The fourth-order valence-corrected chi connectivity index (χ4v) is 2.75. The molecule has 1 aromatic heterocycles. The molecule has 116 valence electrons. The van der Waals surface area contributed by atoms with Crippen LogP contribution in [0.15, 0.2) is 18.2 Å². The third kappa shape index (κ3) is 3.65. The van der Waals surface area contributed by atoms with Crippen molar-refractivity contribution in [3.8, 4) is 0 Å². The molecular weight excluding hydrogens is 258 g/mol. The number of rotatable bonds is 6. The Hall–Kier alpha value is -1.35. The molecule has 1 aromatic carbocycles. The Balaban J connectivity index is 2.36. The van der Waals surface area contributed by atoms with Gasteiger partial charge in [0.05, 0.1) is 11.0 Å². The van der Waals surface area contributed by atoms with Gasteiger partial charge in [0.25, 0.3) is 0 Å². The molecule has 3 nitrogen and oxygen atoms in total. The number of nitrogens with one attached hydrogen (secondary N) is 1. The van der Waals surface area contributed by atoms with Gasteiger partial charge in [-0.2, -0.15) is 0 Å². The minimum atomic E-state index is 0.439. The number of nitrogens with zero attached hydrogens (tertiary/aromatic N) is 2. The van der Waals surface area contributed by atoms with Gasteiger partial charge in [-0.1, -0.05) is 33.8 Å². The van der Waals surface area contributed by atoms with Gasteiger partial charge in [0.2, 0.25) is 0 Å². The van der Waals surface area contributed by atoms with Crippen molar-refractivity contribution < 1.29 is 0 Å². The van der Waals surface area contributed by atoms with E-state index in [9.17, 15) is 0 Å². The van der Waals surface area contributed by atoms with Crippen molar-refractivity contribution in [1.82, 2.24) is 14.9 Å². The highest BCUT2D eigenvalue weighted by Crippen LogP contribution is 2.25. The summed E-state index contributed by atoms with van der Waals surface area (Å²) < 4.78 is 2.38. The number of benzene rings is 1. The quantitative estimate of drug-likeness (QED) is 0.859. The molecule has 2 aromatic rings. The van der Waals surface area contributed by atoms with Crippen molar-refractivity contribution >= 4 is 11.0 Å². The second-order valence-corrected chi connectivity index (χ2v) is 6.75. The number of aromatic nitrogens is 2. The fraction of sp³-hybridized carbons (Fsp3) is 0.611. The minimum absolute atomic E-state index is 0.439. The zero-order valence-electron chi connectivity index (χ0n) is 14.3. The first kappa shape index (κ1) is 16.0. The molecule has 0 aliphatic heterocycles.